The zero-order chi connectivity index (χ0) is 20.8. The van der Waals surface area contributed by atoms with Gasteiger partial charge in [0, 0.05) is 39.4 Å². The normalized spacial score (nSPS) is 12.1. The number of aliphatic imine (C=N–C) groups is 1. The van der Waals surface area contributed by atoms with Crippen molar-refractivity contribution < 1.29 is 27.4 Å². The third-order valence-electron chi connectivity index (χ3n) is 3.72. The van der Waals surface area contributed by atoms with Crippen LogP contribution in [0.25, 0.3) is 0 Å². The Morgan fingerprint density at radius 3 is 2.57 bits per heavy atom. The number of alkyl halides is 3. The van der Waals surface area contributed by atoms with Gasteiger partial charge in [0.2, 0.25) is 0 Å². The van der Waals surface area contributed by atoms with Crippen LogP contribution in [-0.4, -0.2) is 59.3 Å². The van der Waals surface area contributed by atoms with Crippen molar-refractivity contribution in [2.75, 3.05) is 47.1 Å². The lowest BCUT2D eigenvalue weighted by molar-refractivity contribution is -0.153. The smallest absolute Gasteiger partial charge is 0.422 e. The van der Waals surface area contributed by atoms with Crippen molar-refractivity contribution in [3.63, 3.8) is 0 Å². The molecule has 1 aromatic carbocycles. The molecule has 1 rings (SSSR count). The van der Waals surface area contributed by atoms with Gasteiger partial charge in [0.1, 0.15) is 5.75 Å². The molecular formula is C19H30F3N3O3. The summed E-state index contributed by atoms with van der Waals surface area (Å²) in [4.78, 5) is 4.12. The maximum Gasteiger partial charge on any atom is 0.422 e. The van der Waals surface area contributed by atoms with Gasteiger partial charge >= 0.3 is 6.18 Å². The molecule has 0 saturated heterocycles. The number of nitrogens with one attached hydrogen (secondary N) is 2. The lowest BCUT2D eigenvalue weighted by Crippen LogP contribution is -2.37. The maximum atomic E-state index is 12.4. The van der Waals surface area contributed by atoms with E-state index in [1.807, 2.05) is 6.07 Å². The summed E-state index contributed by atoms with van der Waals surface area (Å²) in [5.74, 6) is 0.788. The van der Waals surface area contributed by atoms with Crippen molar-refractivity contribution in [1.82, 2.24) is 10.6 Å². The fourth-order valence-corrected chi connectivity index (χ4v) is 2.28. The van der Waals surface area contributed by atoms with Crippen LogP contribution in [0.2, 0.25) is 0 Å². The molecule has 0 spiro atoms. The molecule has 0 aliphatic rings. The first-order valence-electron chi connectivity index (χ1n) is 9.16. The minimum absolute atomic E-state index is 0.216. The summed E-state index contributed by atoms with van der Waals surface area (Å²) >= 11 is 0. The molecule has 2 N–H and O–H groups in total. The Balaban J connectivity index is 2.40. The van der Waals surface area contributed by atoms with Gasteiger partial charge in [0.15, 0.2) is 12.6 Å². The number of guanidine groups is 1. The molecular weight excluding hydrogens is 375 g/mol. The van der Waals surface area contributed by atoms with Crippen LogP contribution in [0.4, 0.5) is 13.2 Å². The van der Waals surface area contributed by atoms with Gasteiger partial charge in [-0.3, -0.25) is 4.99 Å². The zero-order valence-corrected chi connectivity index (χ0v) is 16.7. The fourth-order valence-electron chi connectivity index (χ4n) is 2.28. The lowest BCUT2D eigenvalue weighted by atomic mass is 10.1. The van der Waals surface area contributed by atoms with Crippen molar-refractivity contribution >= 4 is 5.96 Å². The van der Waals surface area contributed by atoms with Crippen molar-refractivity contribution in [2.45, 2.75) is 32.5 Å². The molecule has 0 heterocycles. The molecule has 0 atom stereocenters. The Bertz CT molecular complexity index is 596. The predicted molar refractivity (Wildman–Crippen MR) is 103 cm³/mol. The topological polar surface area (TPSA) is 64.1 Å². The van der Waals surface area contributed by atoms with Gasteiger partial charge in [-0.1, -0.05) is 12.1 Å². The van der Waals surface area contributed by atoms with Crippen molar-refractivity contribution in [2.24, 2.45) is 4.99 Å². The first-order valence-corrected chi connectivity index (χ1v) is 9.16. The number of nitrogens with zero attached hydrogens (tertiary/aromatic N) is 1. The second-order valence-corrected chi connectivity index (χ2v) is 6.18. The first kappa shape index (κ1) is 24.0. The number of benzene rings is 1. The highest BCUT2D eigenvalue weighted by molar-refractivity contribution is 5.79. The lowest BCUT2D eigenvalue weighted by Gasteiger charge is -2.16. The van der Waals surface area contributed by atoms with Gasteiger partial charge in [0.25, 0.3) is 0 Å². The van der Waals surface area contributed by atoms with Crippen molar-refractivity contribution in [3.05, 3.63) is 29.3 Å². The summed E-state index contributed by atoms with van der Waals surface area (Å²) in [7, 11) is 3.27. The van der Waals surface area contributed by atoms with E-state index < -0.39 is 12.8 Å². The van der Waals surface area contributed by atoms with Gasteiger partial charge in [0.05, 0.1) is 13.2 Å². The molecule has 0 saturated carbocycles. The number of methoxy groups -OCH3 is 1. The number of unbranched alkanes of at least 4 members (excludes halogenated alkanes) is 1. The third-order valence-corrected chi connectivity index (χ3v) is 3.72. The van der Waals surface area contributed by atoms with E-state index in [1.165, 1.54) is 0 Å². The van der Waals surface area contributed by atoms with Gasteiger partial charge in [-0.25, -0.2) is 0 Å². The Hall–Kier alpha value is -2.00. The second-order valence-electron chi connectivity index (χ2n) is 6.18. The predicted octanol–water partition coefficient (Wildman–Crippen LogP) is 3.04. The van der Waals surface area contributed by atoms with E-state index in [0.29, 0.717) is 44.4 Å². The number of halogens is 3. The summed E-state index contributed by atoms with van der Waals surface area (Å²) in [5, 5.41) is 6.26. The molecule has 28 heavy (non-hydrogen) atoms. The molecule has 0 aliphatic carbocycles. The van der Waals surface area contributed by atoms with E-state index in [1.54, 1.807) is 33.2 Å². The van der Waals surface area contributed by atoms with E-state index >= 15 is 0 Å². The molecule has 0 amide bonds. The van der Waals surface area contributed by atoms with Crippen LogP contribution in [0.15, 0.2) is 23.2 Å². The van der Waals surface area contributed by atoms with E-state index in [2.05, 4.69) is 15.6 Å². The van der Waals surface area contributed by atoms with Gasteiger partial charge in [-0.15, -0.1) is 0 Å². The molecule has 0 unspecified atom stereocenters. The van der Waals surface area contributed by atoms with E-state index in [9.17, 15) is 13.2 Å². The van der Waals surface area contributed by atoms with Crippen molar-refractivity contribution in [3.8, 4) is 5.75 Å². The summed E-state index contributed by atoms with van der Waals surface area (Å²) < 4.78 is 52.6. The number of hydrogen-bond acceptors (Lipinski definition) is 4. The van der Waals surface area contributed by atoms with Gasteiger partial charge in [-0.2, -0.15) is 13.2 Å². The Morgan fingerprint density at radius 2 is 1.89 bits per heavy atom. The molecule has 6 nitrogen and oxygen atoms in total. The number of rotatable bonds is 12. The molecule has 0 radical (unpaired) electrons. The summed E-state index contributed by atoms with van der Waals surface area (Å²) in [6.07, 6.45) is -2.57. The third kappa shape index (κ3) is 11.0. The van der Waals surface area contributed by atoms with Gasteiger partial charge < -0.3 is 24.8 Å². The molecule has 1 aromatic rings. The highest BCUT2D eigenvalue weighted by atomic mass is 19.4. The largest absolute Gasteiger partial charge is 0.484 e. The summed E-state index contributed by atoms with van der Waals surface area (Å²) in [6.45, 7) is 3.33. The average molecular weight is 405 g/mol. The second kappa shape index (κ2) is 13.2. The first-order chi connectivity index (χ1) is 13.4. The average Bonchev–Trinajstić information content (AvgIpc) is 2.65. The van der Waals surface area contributed by atoms with E-state index in [-0.39, 0.29) is 5.75 Å². The number of hydrogen-bond donors (Lipinski definition) is 2. The molecule has 0 aromatic heterocycles. The molecule has 0 aliphatic heterocycles. The summed E-state index contributed by atoms with van der Waals surface area (Å²) in [5.41, 5.74) is 1.46. The zero-order valence-electron chi connectivity index (χ0n) is 16.7. The molecule has 9 heteroatoms. The minimum atomic E-state index is -4.38. The molecule has 0 bridgehead atoms. The minimum Gasteiger partial charge on any atom is -0.484 e. The van der Waals surface area contributed by atoms with Crippen LogP contribution in [0.1, 0.15) is 24.0 Å². The maximum absolute atomic E-state index is 12.4. The quantitative estimate of drug-likeness (QED) is 0.318. The fraction of sp³-hybridized carbons (Fsp3) is 0.632. The van der Waals surface area contributed by atoms with Crippen molar-refractivity contribution in [1.29, 1.82) is 0 Å². The highest BCUT2D eigenvalue weighted by Gasteiger charge is 2.28. The Labute approximate surface area is 164 Å². The van der Waals surface area contributed by atoms with Crippen LogP contribution < -0.4 is 15.4 Å². The number of aryl methyl sites for hydroxylation is 1. The highest BCUT2D eigenvalue weighted by Crippen LogP contribution is 2.23. The standard InChI is InChI=1S/C19H30F3N3O3/c1-15-6-7-16(17(12-15)28-14-19(20,21)22)13-25-18(23-2)24-8-4-5-9-27-11-10-26-3/h6-7,12H,4-5,8-11,13-14H2,1-3H3,(H2,23,24,25). The van der Waals surface area contributed by atoms with Gasteiger partial charge in [-0.05, 0) is 31.4 Å². The van der Waals surface area contributed by atoms with Crippen LogP contribution in [-0.2, 0) is 16.0 Å². The van der Waals surface area contributed by atoms with Crippen LogP contribution in [0, 0.1) is 6.92 Å². The molecule has 0 fully saturated rings. The van der Waals surface area contributed by atoms with Crippen LogP contribution >= 0.6 is 0 Å². The Kier molecular flexibility index (Phi) is 11.4. The Morgan fingerprint density at radius 1 is 1.11 bits per heavy atom. The van der Waals surface area contributed by atoms with Crippen LogP contribution in [0.3, 0.4) is 0 Å². The van der Waals surface area contributed by atoms with E-state index in [4.69, 9.17) is 14.2 Å². The SMILES string of the molecule is CN=C(NCCCCOCCOC)NCc1ccc(C)cc1OCC(F)(F)F. The number of ether oxygens (including phenoxy) is 3. The van der Waals surface area contributed by atoms with E-state index in [0.717, 1.165) is 18.4 Å². The molecule has 160 valence electrons. The van der Waals surface area contributed by atoms with Crippen LogP contribution in [0.5, 0.6) is 5.75 Å². The monoisotopic (exact) mass is 405 g/mol. The summed E-state index contributed by atoms with van der Waals surface area (Å²) in [6, 6.07) is 5.18.